The molecule has 7 heteroatoms. The Kier molecular flexibility index (Phi) is 7.09. The molecule has 0 aliphatic carbocycles. The number of hydrazone groups is 1. The van der Waals surface area contributed by atoms with Gasteiger partial charge >= 0.3 is 5.97 Å². The number of thiocarbonyl (C=S) groups is 1. The summed E-state index contributed by atoms with van der Waals surface area (Å²) in [7, 11) is 0. The molecular formula is C18H18BrN3O2S. The third-order valence-electron chi connectivity index (χ3n) is 3.14. The molecule has 0 aliphatic heterocycles. The molecule has 0 saturated carbocycles. The van der Waals surface area contributed by atoms with Crippen LogP contribution in [0.3, 0.4) is 0 Å². The molecule has 0 saturated heterocycles. The van der Waals surface area contributed by atoms with Crippen molar-refractivity contribution in [3.63, 3.8) is 0 Å². The fourth-order valence-electron chi connectivity index (χ4n) is 2.00. The van der Waals surface area contributed by atoms with E-state index in [2.05, 4.69) is 31.8 Å². The average molecular weight is 420 g/mol. The topological polar surface area (TPSA) is 62.7 Å². The zero-order valence-electron chi connectivity index (χ0n) is 13.9. The molecule has 0 aliphatic rings. The molecule has 0 unspecified atom stereocenters. The van der Waals surface area contributed by atoms with Crippen LogP contribution in [0.2, 0.25) is 0 Å². The van der Waals surface area contributed by atoms with Crippen LogP contribution in [0.4, 0.5) is 0 Å². The number of nitrogens with one attached hydrogen (secondary N) is 2. The van der Waals surface area contributed by atoms with E-state index in [9.17, 15) is 4.79 Å². The molecule has 0 amide bonds. The minimum atomic E-state index is -0.420. The zero-order valence-corrected chi connectivity index (χ0v) is 16.3. The maximum Gasteiger partial charge on any atom is 0.343 e. The summed E-state index contributed by atoms with van der Waals surface area (Å²) in [6.07, 6.45) is 1.55. The van der Waals surface area contributed by atoms with Crippen molar-refractivity contribution in [1.29, 1.82) is 0 Å². The molecule has 5 nitrogen and oxygen atoms in total. The summed E-state index contributed by atoms with van der Waals surface area (Å²) in [5, 5.41) is 7.42. The monoisotopic (exact) mass is 419 g/mol. The van der Waals surface area contributed by atoms with E-state index in [1.807, 2.05) is 26.0 Å². The van der Waals surface area contributed by atoms with Gasteiger partial charge in [0.2, 0.25) is 0 Å². The van der Waals surface area contributed by atoms with Crippen molar-refractivity contribution in [2.45, 2.75) is 13.8 Å². The lowest BCUT2D eigenvalue weighted by Crippen LogP contribution is -2.31. The Morgan fingerprint density at radius 1 is 1.32 bits per heavy atom. The summed E-state index contributed by atoms with van der Waals surface area (Å²) in [5.41, 5.74) is 4.84. The maximum absolute atomic E-state index is 12.3. The quantitative estimate of drug-likeness (QED) is 0.253. The van der Waals surface area contributed by atoms with Gasteiger partial charge in [-0.3, -0.25) is 5.43 Å². The molecule has 0 aromatic heterocycles. The van der Waals surface area contributed by atoms with E-state index in [4.69, 9.17) is 17.0 Å². The number of hydrogen-bond acceptors (Lipinski definition) is 4. The Bertz CT molecular complexity index is 809. The molecular weight excluding hydrogens is 402 g/mol. The van der Waals surface area contributed by atoms with E-state index in [1.165, 1.54) is 0 Å². The van der Waals surface area contributed by atoms with Gasteiger partial charge in [0.1, 0.15) is 5.75 Å². The lowest BCUT2D eigenvalue weighted by Gasteiger charge is -2.09. The van der Waals surface area contributed by atoms with Crippen LogP contribution in [-0.4, -0.2) is 23.8 Å². The molecule has 2 N–H and O–H groups in total. The van der Waals surface area contributed by atoms with Crippen molar-refractivity contribution in [3.05, 3.63) is 63.6 Å². The van der Waals surface area contributed by atoms with Gasteiger partial charge in [-0.1, -0.05) is 33.6 Å². The van der Waals surface area contributed by atoms with Crippen molar-refractivity contribution < 1.29 is 9.53 Å². The van der Waals surface area contributed by atoms with Gasteiger partial charge in [-0.25, -0.2) is 4.79 Å². The van der Waals surface area contributed by atoms with Crippen LogP contribution in [0.1, 0.15) is 28.4 Å². The summed E-state index contributed by atoms with van der Waals surface area (Å²) in [5.74, 6) is -0.00794. The van der Waals surface area contributed by atoms with Crippen molar-refractivity contribution in [2.24, 2.45) is 5.10 Å². The third-order valence-corrected chi connectivity index (χ3v) is 3.86. The highest BCUT2D eigenvalue weighted by Gasteiger charge is 2.11. The lowest BCUT2D eigenvalue weighted by atomic mass is 10.1. The molecule has 2 rings (SSSR count). The first-order valence-corrected chi connectivity index (χ1v) is 8.85. The van der Waals surface area contributed by atoms with Gasteiger partial charge in [0.25, 0.3) is 0 Å². The second-order valence-electron chi connectivity index (χ2n) is 5.17. The Labute approximate surface area is 160 Å². The highest BCUT2D eigenvalue weighted by Crippen LogP contribution is 2.23. The first-order valence-electron chi connectivity index (χ1n) is 7.65. The molecule has 0 fully saturated rings. The SMILES string of the molecule is CCNC(=S)NN=Cc1cc(Br)ccc1OC(=O)c1cccc(C)c1. The van der Waals surface area contributed by atoms with Gasteiger partial charge in [-0.05, 0) is 56.4 Å². The number of esters is 1. The second-order valence-corrected chi connectivity index (χ2v) is 6.49. The molecule has 2 aromatic carbocycles. The zero-order chi connectivity index (χ0) is 18.2. The molecule has 130 valence electrons. The van der Waals surface area contributed by atoms with Crippen molar-refractivity contribution in [1.82, 2.24) is 10.7 Å². The minimum Gasteiger partial charge on any atom is -0.422 e. The van der Waals surface area contributed by atoms with Crippen LogP contribution in [0.5, 0.6) is 5.75 Å². The smallest absolute Gasteiger partial charge is 0.343 e. The van der Waals surface area contributed by atoms with Gasteiger partial charge < -0.3 is 10.1 Å². The molecule has 25 heavy (non-hydrogen) atoms. The van der Waals surface area contributed by atoms with E-state index < -0.39 is 5.97 Å². The molecule has 0 radical (unpaired) electrons. The Morgan fingerprint density at radius 3 is 2.84 bits per heavy atom. The Morgan fingerprint density at radius 2 is 2.12 bits per heavy atom. The molecule has 0 bridgehead atoms. The number of nitrogens with zero attached hydrogens (tertiary/aromatic N) is 1. The number of carbonyl (C=O) groups excluding carboxylic acids is 1. The Hall–Kier alpha value is -2.25. The van der Waals surface area contributed by atoms with E-state index in [0.29, 0.717) is 28.5 Å². The number of benzene rings is 2. The molecule has 0 spiro atoms. The number of ether oxygens (including phenoxy) is 1. The van der Waals surface area contributed by atoms with Crippen molar-refractivity contribution in [3.8, 4) is 5.75 Å². The van der Waals surface area contributed by atoms with Gasteiger partial charge in [-0.2, -0.15) is 5.10 Å². The Balaban J connectivity index is 2.16. The highest BCUT2D eigenvalue weighted by atomic mass is 79.9. The summed E-state index contributed by atoms with van der Waals surface area (Å²) in [6.45, 7) is 4.57. The van der Waals surface area contributed by atoms with Crippen LogP contribution >= 0.6 is 28.1 Å². The van der Waals surface area contributed by atoms with Crippen LogP contribution in [-0.2, 0) is 0 Å². The van der Waals surface area contributed by atoms with Crippen LogP contribution in [0, 0.1) is 6.92 Å². The van der Waals surface area contributed by atoms with Gasteiger partial charge in [-0.15, -0.1) is 0 Å². The summed E-state index contributed by atoms with van der Waals surface area (Å²) in [4.78, 5) is 12.3. The van der Waals surface area contributed by atoms with E-state index >= 15 is 0 Å². The predicted octanol–water partition coefficient (Wildman–Crippen LogP) is 3.79. The second kappa shape index (κ2) is 9.29. The fourth-order valence-corrected chi connectivity index (χ4v) is 2.58. The standard InChI is InChI=1S/C18H18BrN3O2S/c1-3-20-18(25)22-21-11-14-10-15(19)7-8-16(14)24-17(23)13-6-4-5-12(2)9-13/h4-11H,3H2,1-2H3,(H2,20,22,25). The van der Waals surface area contributed by atoms with Crippen molar-refractivity contribution in [2.75, 3.05) is 6.54 Å². The first kappa shape index (κ1) is 19.1. The van der Waals surface area contributed by atoms with Crippen LogP contribution in [0.15, 0.2) is 52.0 Å². The number of halogens is 1. The summed E-state index contributed by atoms with van der Waals surface area (Å²) < 4.78 is 6.37. The van der Waals surface area contributed by atoms with Gasteiger partial charge in [0.05, 0.1) is 11.8 Å². The first-order chi connectivity index (χ1) is 12.0. The van der Waals surface area contributed by atoms with E-state index in [1.54, 1.807) is 36.5 Å². The summed E-state index contributed by atoms with van der Waals surface area (Å²) in [6, 6.07) is 12.6. The predicted molar refractivity (Wildman–Crippen MR) is 107 cm³/mol. The van der Waals surface area contributed by atoms with Gasteiger partial charge in [0, 0.05) is 16.6 Å². The average Bonchev–Trinajstić information content (AvgIpc) is 2.57. The van der Waals surface area contributed by atoms with Crippen LogP contribution < -0.4 is 15.5 Å². The lowest BCUT2D eigenvalue weighted by molar-refractivity contribution is 0.0734. The number of carbonyl (C=O) groups is 1. The number of aryl methyl sites for hydroxylation is 1. The van der Waals surface area contributed by atoms with Crippen molar-refractivity contribution >= 4 is 45.4 Å². The van der Waals surface area contributed by atoms with E-state index in [0.717, 1.165) is 10.0 Å². The number of hydrogen-bond donors (Lipinski definition) is 2. The normalized spacial score (nSPS) is 10.5. The highest BCUT2D eigenvalue weighted by molar-refractivity contribution is 9.10. The largest absolute Gasteiger partial charge is 0.422 e. The third kappa shape index (κ3) is 5.95. The molecule has 0 atom stereocenters. The minimum absolute atomic E-state index is 0.412. The molecule has 2 aromatic rings. The molecule has 0 heterocycles. The van der Waals surface area contributed by atoms with Gasteiger partial charge in [0.15, 0.2) is 5.11 Å². The fraction of sp³-hybridized carbons (Fsp3) is 0.167. The number of rotatable bonds is 5. The summed E-state index contributed by atoms with van der Waals surface area (Å²) >= 11 is 8.44. The van der Waals surface area contributed by atoms with E-state index in [-0.39, 0.29) is 0 Å². The maximum atomic E-state index is 12.3. The van der Waals surface area contributed by atoms with Crippen LogP contribution in [0.25, 0.3) is 0 Å².